The third-order valence-electron chi connectivity index (χ3n) is 4.78. The Morgan fingerprint density at radius 1 is 1.29 bits per heavy atom. The van der Waals surface area contributed by atoms with Gasteiger partial charge in [0.15, 0.2) is 0 Å². The van der Waals surface area contributed by atoms with Crippen molar-refractivity contribution in [1.29, 1.82) is 0 Å². The first-order chi connectivity index (χ1) is 13.5. The number of carbonyl (C=O) groups is 3. The molecule has 1 aliphatic carbocycles. The second-order valence-corrected chi connectivity index (χ2v) is 7.13. The minimum Gasteiger partial charge on any atom is -0.376 e. The van der Waals surface area contributed by atoms with Gasteiger partial charge in [0.25, 0.3) is 0 Å². The van der Waals surface area contributed by atoms with E-state index < -0.39 is 0 Å². The fraction of sp³-hybridized carbons (Fsp3) is 0.684. The zero-order chi connectivity index (χ0) is 20.4. The Bertz CT molecular complexity index is 634. The lowest BCUT2D eigenvalue weighted by Gasteiger charge is -2.36. The highest BCUT2D eigenvalue weighted by Crippen LogP contribution is 2.27. The van der Waals surface area contributed by atoms with E-state index in [0.717, 1.165) is 25.0 Å². The average Bonchev–Trinajstić information content (AvgIpc) is 3.18. The van der Waals surface area contributed by atoms with Crippen LogP contribution in [0.15, 0.2) is 12.3 Å². The predicted octanol–water partition coefficient (Wildman–Crippen LogP) is 0.632. The number of amides is 3. The first-order valence-corrected chi connectivity index (χ1v) is 9.91. The van der Waals surface area contributed by atoms with Crippen molar-refractivity contribution in [3.8, 4) is 0 Å². The van der Waals surface area contributed by atoms with Crippen molar-refractivity contribution < 1.29 is 19.1 Å². The summed E-state index contributed by atoms with van der Waals surface area (Å²) in [5.74, 6) is -0.517. The van der Waals surface area contributed by atoms with Crippen LogP contribution in [0.4, 0.5) is 0 Å². The summed E-state index contributed by atoms with van der Waals surface area (Å²) < 4.78 is 5.91. The van der Waals surface area contributed by atoms with Gasteiger partial charge in [-0.25, -0.2) is 0 Å². The number of carbonyl (C=O) groups excluding carboxylic acids is 3. The van der Waals surface area contributed by atoms with Gasteiger partial charge in [-0.1, -0.05) is 6.92 Å². The molecular formula is C19H31N5O4. The number of nitrogens with one attached hydrogen (secondary N) is 4. The first-order valence-electron chi connectivity index (χ1n) is 9.91. The van der Waals surface area contributed by atoms with Crippen molar-refractivity contribution in [3.05, 3.63) is 18.0 Å². The molecule has 1 aliphatic rings. The van der Waals surface area contributed by atoms with Crippen LogP contribution in [-0.2, 0) is 25.7 Å². The van der Waals surface area contributed by atoms with E-state index in [-0.39, 0.29) is 42.2 Å². The van der Waals surface area contributed by atoms with E-state index in [2.05, 4.69) is 26.1 Å². The minimum absolute atomic E-state index is 0.0268. The van der Waals surface area contributed by atoms with Crippen molar-refractivity contribution in [2.24, 2.45) is 5.92 Å². The first kappa shape index (κ1) is 21.9. The van der Waals surface area contributed by atoms with Crippen LogP contribution < -0.4 is 16.0 Å². The van der Waals surface area contributed by atoms with Crippen molar-refractivity contribution in [1.82, 2.24) is 26.1 Å². The third kappa shape index (κ3) is 7.30. The smallest absolute Gasteiger partial charge is 0.223 e. The molecule has 1 saturated carbocycles. The number of aromatic nitrogens is 2. The van der Waals surface area contributed by atoms with Crippen molar-refractivity contribution in [3.63, 3.8) is 0 Å². The molecule has 0 bridgehead atoms. The molecule has 0 aliphatic heterocycles. The van der Waals surface area contributed by atoms with E-state index in [0.29, 0.717) is 26.1 Å². The summed E-state index contributed by atoms with van der Waals surface area (Å²) >= 11 is 0. The lowest BCUT2D eigenvalue weighted by molar-refractivity contribution is -0.130. The van der Waals surface area contributed by atoms with E-state index >= 15 is 0 Å². The Labute approximate surface area is 165 Å². The molecule has 1 aromatic heterocycles. The molecular weight excluding hydrogens is 362 g/mol. The van der Waals surface area contributed by atoms with Crippen LogP contribution in [0, 0.1) is 5.92 Å². The highest BCUT2D eigenvalue weighted by Gasteiger charge is 2.35. The molecule has 3 atom stereocenters. The van der Waals surface area contributed by atoms with Crippen LogP contribution in [0.5, 0.6) is 0 Å². The van der Waals surface area contributed by atoms with Crippen molar-refractivity contribution in [2.75, 3.05) is 13.2 Å². The second kappa shape index (κ2) is 11.4. The Kier molecular flexibility index (Phi) is 8.93. The van der Waals surface area contributed by atoms with Crippen molar-refractivity contribution in [2.45, 2.75) is 64.6 Å². The largest absolute Gasteiger partial charge is 0.376 e. The summed E-state index contributed by atoms with van der Waals surface area (Å²) in [5.41, 5.74) is 0.844. The average molecular weight is 393 g/mol. The summed E-state index contributed by atoms with van der Waals surface area (Å²) in [7, 11) is 0. The maximum Gasteiger partial charge on any atom is 0.223 e. The molecule has 4 N–H and O–H groups in total. The minimum atomic E-state index is -0.215. The molecule has 0 unspecified atom stereocenters. The van der Waals surface area contributed by atoms with Gasteiger partial charge >= 0.3 is 0 Å². The Morgan fingerprint density at radius 3 is 2.79 bits per heavy atom. The van der Waals surface area contributed by atoms with Gasteiger partial charge < -0.3 is 20.7 Å². The van der Waals surface area contributed by atoms with Crippen LogP contribution in [0.1, 0.15) is 51.6 Å². The molecule has 28 heavy (non-hydrogen) atoms. The molecule has 9 nitrogen and oxygen atoms in total. The van der Waals surface area contributed by atoms with E-state index in [1.807, 2.05) is 13.0 Å². The van der Waals surface area contributed by atoms with Gasteiger partial charge in [-0.05, 0) is 31.7 Å². The molecule has 1 aromatic rings. The van der Waals surface area contributed by atoms with Gasteiger partial charge in [0, 0.05) is 38.6 Å². The number of hydrogen-bond donors (Lipinski definition) is 4. The molecule has 1 fully saturated rings. The molecule has 0 saturated heterocycles. The number of aromatic amines is 1. The van der Waals surface area contributed by atoms with Crippen LogP contribution >= 0.6 is 0 Å². The molecule has 1 heterocycles. The molecule has 2 rings (SSSR count). The number of H-pyrrole nitrogens is 1. The van der Waals surface area contributed by atoms with Gasteiger partial charge in [0.05, 0.1) is 24.4 Å². The molecule has 9 heteroatoms. The van der Waals surface area contributed by atoms with Crippen LogP contribution in [0.25, 0.3) is 0 Å². The highest BCUT2D eigenvalue weighted by molar-refractivity contribution is 5.80. The molecule has 156 valence electrons. The van der Waals surface area contributed by atoms with E-state index in [4.69, 9.17) is 4.74 Å². The number of rotatable bonds is 10. The summed E-state index contributed by atoms with van der Waals surface area (Å²) in [6.45, 7) is 4.77. The molecule has 3 amide bonds. The van der Waals surface area contributed by atoms with Crippen molar-refractivity contribution >= 4 is 17.7 Å². The van der Waals surface area contributed by atoms with E-state index in [1.165, 1.54) is 6.92 Å². The lowest BCUT2D eigenvalue weighted by atomic mass is 9.83. The Morgan fingerprint density at radius 2 is 2.11 bits per heavy atom. The molecule has 0 aromatic carbocycles. The fourth-order valence-electron chi connectivity index (χ4n) is 3.34. The topological polar surface area (TPSA) is 125 Å². The third-order valence-corrected chi connectivity index (χ3v) is 4.78. The summed E-state index contributed by atoms with van der Waals surface area (Å²) in [5, 5.41) is 15.2. The number of ether oxygens (including phenoxy) is 1. The zero-order valence-electron chi connectivity index (χ0n) is 16.6. The summed E-state index contributed by atoms with van der Waals surface area (Å²) in [6, 6.07) is 1.60. The second-order valence-electron chi connectivity index (χ2n) is 7.13. The lowest BCUT2D eigenvalue weighted by Crippen LogP contribution is -2.50. The number of hydrogen-bond acceptors (Lipinski definition) is 5. The van der Waals surface area contributed by atoms with Gasteiger partial charge in [-0.3, -0.25) is 19.5 Å². The van der Waals surface area contributed by atoms with Gasteiger partial charge in [0.2, 0.25) is 17.7 Å². The highest BCUT2D eigenvalue weighted by atomic mass is 16.5. The van der Waals surface area contributed by atoms with E-state index in [9.17, 15) is 14.4 Å². The monoisotopic (exact) mass is 393 g/mol. The summed E-state index contributed by atoms with van der Waals surface area (Å²) in [4.78, 5) is 35.7. The maximum atomic E-state index is 12.5. The van der Waals surface area contributed by atoms with Gasteiger partial charge in [-0.15, -0.1) is 0 Å². The number of nitrogens with zero attached hydrogens (tertiary/aromatic N) is 1. The van der Waals surface area contributed by atoms with Crippen LogP contribution in [0.2, 0.25) is 0 Å². The normalized spacial score (nSPS) is 21.7. The van der Waals surface area contributed by atoms with Crippen LogP contribution in [-0.4, -0.2) is 53.2 Å². The SMILES string of the molecule is CCCO[C@@H]1CC[C@H](C(=O)NCc2ccn[nH]2)C[C@H]1NC(=O)CCNC(C)=O. The predicted molar refractivity (Wildman–Crippen MR) is 103 cm³/mol. The van der Waals surface area contributed by atoms with Crippen LogP contribution in [0.3, 0.4) is 0 Å². The van der Waals surface area contributed by atoms with E-state index in [1.54, 1.807) is 6.20 Å². The fourth-order valence-corrected chi connectivity index (χ4v) is 3.34. The Hall–Kier alpha value is -2.42. The summed E-state index contributed by atoms with van der Waals surface area (Å²) in [6.07, 6.45) is 4.63. The standard InChI is InChI=1S/C19H31N5O4/c1-3-10-28-17-5-4-14(19(27)21-12-15-6-9-22-24-15)11-16(17)23-18(26)7-8-20-13(2)25/h6,9,14,16-17H,3-5,7-8,10-12H2,1-2H3,(H,20,25)(H,21,27)(H,22,24)(H,23,26)/t14-,16+,17+/m0/s1. The zero-order valence-corrected chi connectivity index (χ0v) is 16.6. The Balaban J connectivity index is 1.87. The maximum absolute atomic E-state index is 12.5. The quantitative estimate of drug-likeness (QED) is 0.464. The van der Waals surface area contributed by atoms with Gasteiger partial charge in [-0.2, -0.15) is 5.10 Å². The molecule has 0 spiro atoms. The molecule has 0 radical (unpaired) electrons. The van der Waals surface area contributed by atoms with Gasteiger partial charge in [0.1, 0.15) is 0 Å².